The summed E-state index contributed by atoms with van der Waals surface area (Å²) in [6.07, 6.45) is -1.78. The van der Waals surface area contributed by atoms with E-state index >= 15 is 0 Å². The minimum atomic E-state index is -4.84. The monoisotopic (exact) mass is 401 g/mol. The first-order chi connectivity index (χ1) is 11.3. The van der Waals surface area contributed by atoms with Crippen molar-refractivity contribution in [3.63, 3.8) is 0 Å². The van der Waals surface area contributed by atoms with E-state index in [4.69, 9.17) is 11.3 Å². The molecule has 0 saturated heterocycles. The van der Waals surface area contributed by atoms with Gasteiger partial charge in [0.1, 0.15) is 11.5 Å². The predicted molar refractivity (Wildman–Crippen MR) is 82.9 cm³/mol. The van der Waals surface area contributed by atoms with Crippen LogP contribution in [0.25, 0.3) is 16.1 Å². The van der Waals surface area contributed by atoms with E-state index in [9.17, 15) is 13.2 Å². The average Bonchev–Trinajstić information content (AvgIpc) is 3.21. The van der Waals surface area contributed by atoms with Gasteiger partial charge < -0.3 is 9.47 Å². The number of nitrogens with zero attached hydrogens (tertiary/aromatic N) is 3. The number of alkyl halides is 3. The highest BCUT2D eigenvalue weighted by atomic mass is 79.9. The van der Waals surface area contributed by atoms with Gasteiger partial charge in [-0.1, -0.05) is 0 Å². The average molecular weight is 402 g/mol. The molecule has 9 heteroatoms. The molecule has 3 rings (SSSR count). The first-order valence-corrected chi connectivity index (χ1v) is 7.73. The van der Waals surface area contributed by atoms with Crippen molar-refractivity contribution >= 4 is 21.6 Å². The molecule has 0 spiro atoms. The highest BCUT2D eigenvalue weighted by Gasteiger charge is 2.33. The lowest BCUT2D eigenvalue weighted by atomic mass is 10.1. The smallest absolute Gasteiger partial charge is 0.501 e. The summed E-state index contributed by atoms with van der Waals surface area (Å²) in [6.45, 7) is 7.42. The van der Waals surface area contributed by atoms with Crippen LogP contribution >= 0.6 is 15.9 Å². The van der Waals surface area contributed by atoms with Crippen molar-refractivity contribution in [2.45, 2.75) is 25.3 Å². The van der Waals surface area contributed by atoms with Crippen molar-refractivity contribution in [3.05, 3.63) is 34.2 Å². The highest BCUT2D eigenvalue weighted by molar-refractivity contribution is 9.10. The van der Waals surface area contributed by atoms with Crippen LogP contribution in [0.4, 0.5) is 18.9 Å². The van der Waals surface area contributed by atoms with Gasteiger partial charge >= 0.3 is 6.36 Å². The summed E-state index contributed by atoms with van der Waals surface area (Å²) < 4.78 is 49.5. The molecule has 1 fully saturated rings. The van der Waals surface area contributed by atoms with Gasteiger partial charge in [-0.2, -0.15) is 5.10 Å². The number of rotatable bonds is 4. The summed E-state index contributed by atoms with van der Waals surface area (Å²) in [5, 5.41) is 4.04. The lowest BCUT2D eigenvalue weighted by molar-refractivity contribution is -0.274. The third-order valence-corrected chi connectivity index (χ3v) is 3.94. The van der Waals surface area contributed by atoms with E-state index in [0.717, 1.165) is 18.9 Å². The molecule has 24 heavy (non-hydrogen) atoms. The van der Waals surface area contributed by atoms with Gasteiger partial charge in [-0.05, 0) is 34.8 Å². The standard InChI is InChI=1S/C15H11BrF3N3O2/c1-20-13-10(14-11(16)7-21-22(14)2)5-9(24-15(17,18)19)6-12(13)23-8-3-4-8/h5-8H,3-4H2,2H3. The molecular weight excluding hydrogens is 391 g/mol. The summed E-state index contributed by atoms with van der Waals surface area (Å²) in [4.78, 5) is 3.45. The van der Waals surface area contributed by atoms with Crippen molar-refractivity contribution in [1.82, 2.24) is 9.78 Å². The highest BCUT2D eigenvalue weighted by Crippen LogP contribution is 2.46. The summed E-state index contributed by atoms with van der Waals surface area (Å²) in [6, 6.07) is 2.27. The molecule has 1 aromatic carbocycles. The summed E-state index contributed by atoms with van der Waals surface area (Å²) >= 11 is 3.30. The Bertz CT molecular complexity index is 803. The van der Waals surface area contributed by atoms with E-state index in [1.54, 1.807) is 7.05 Å². The molecule has 1 aromatic heterocycles. The zero-order valence-electron chi connectivity index (χ0n) is 12.4. The van der Waals surface area contributed by atoms with Crippen LogP contribution in [0.2, 0.25) is 0 Å². The van der Waals surface area contributed by atoms with Crippen molar-refractivity contribution in [2.24, 2.45) is 7.05 Å². The van der Waals surface area contributed by atoms with Gasteiger partial charge in [0.2, 0.25) is 5.69 Å². The maximum absolute atomic E-state index is 12.6. The minimum Gasteiger partial charge on any atom is -0.501 e. The Hall–Kier alpha value is -2.21. The lowest BCUT2D eigenvalue weighted by Crippen LogP contribution is -2.17. The van der Waals surface area contributed by atoms with Crippen LogP contribution in [0.5, 0.6) is 11.5 Å². The summed E-state index contributed by atoms with van der Waals surface area (Å²) in [7, 11) is 1.63. The first-order valence-electron chi connectivity index (χ1n) is 6.94. The van der Waals surface area contributed by atoms with E-state index in [1.165, 1.54) is 16.9 Å². The second kappa shape index (κ2) is 6.02. The van der Waals surface area contributed by atoms with Gasteiger partial charge in [0.15, 0.2) is 0 Å². The Morgan fingerprint density at radius 2 is 2.08 bits per heavy atom. The maximum atomic E-state index is 12.6. The van der Waals surface area contributed by atoms with Crippen LogP contribution in [0.15, 0.2) is 22.8 Å². The van der Waals surface area contributed by atoms with Gasteiger partial charge in [0, 0.05) is 18.7 Å². The SMILES string of the molecule is [C-]#[N+]c1c(OC2CC2)cc(OC(F)(F)F)cc1-c1c(Br)cnn1C. The molecule has 126 valence electrons. The molecule has 5 nitrogen and oxygen atoms in total. The lowest BCUT2D eigenvalue weighted by Gasteiger charge is -2.16. The van der Waals surface area contributed by atoms with E-state index in [2.05, 4.69) is 30.6 Å². The van der Waals surface area contributed by atoms with Crippen LogP contribution in [-0.4, -0.2) is 22.2 Å². The molecule has 1 heterocycles. The number of hydrogen-bond acceptors (Lipinski definition) is 3. The fourth-order valence-corrected chi connectivity index (χ4v) is 2.80. The number of aryl methyl sites for hydroxylation is 1. The van der Waals surface area contributed by atoms with Crippen molar-refractivity contribution in [3.8, 4) is 22.8 Å². The Labute approximate surface area is 143 Å². The zero-order valence-corrected chi connectivity index (χ0v) is 14.0. The third kappa shape index (κ3) is 3.48. The minimum absolute atomic E-state index is 0.0746. The molecule has 0 aliphatic heterocycles. The van der Waals surface area contributed by atoms with E-state index in [1.807, 2.05) is 0 Å². The number of benzene rings is 1. The molecule has 0 bridgehead atoms. The molecule has 0 atom stereocenters. The fourth-order valence-electron chi connectivity index (χ4n) is 2.24. The Kier molecular flexibility index (Phi) is 4.17. The van der Waals surface area contributed by atoms with Crippen LogP contribution in [0, 0.1) is 6.57 Å². The second-order valence-electron chi connectivity index (χ2n) is 5.26. The van der Waals surface area contributed by atoms with Crippen LogP contribution in [0.3, 0.4) is 0 Å². The largest absolute Gasteiger partial charge is 0.573 e. The molecule has 0 N–H and O–H groups in total. The summed E-state index contributed by atoms with van der Waals surface area (Å²) in [5.41, 5.74) is 0.851. The van der Waals surface area contributed by atoms with Gasteiger partial charge in [-0.25, -0.2) is 4.85 Å². The molecule has 1 aliphatic carbocycles. The van der Waals surface area contributed by atoms with Crippen LogP contribution in [0.1, 0.15) is 12.8 Å². The predicted octanol–water partition coefficient (Wildman–Crippen LogP) is 4.84. The van der Waals surface area contributed by atoms with Gasteiger partial charge in [-0.15, -0.1) is 13.2 Å². The third-order valence-electron chi connectivity index (χ3n) is 3.36. The first kappa shape index (κ1) is 16.6. The van der Waals surface area contributed by atoms with Crippen molar-refractivity contribution in [2.75, 3.05) is 0 Å². The molecule has 1 saturated carbocycles. The van der Waals surface area contributed by atoms with Gasteiger partial charge in [0.25, 0.3) is 0 Å². The van der Waals surface area contributed by atoms with Gasteiger partial charge in [-0.3, -0.25) is 4.68 Å². The fraction of sp³-hybridized carbons (Fsp3) is 0.333. The molecule has 1 aliphatic rings. The van der Waals surface area contributed by atoms with E-state index in [0.29, 0.717) is 10.2 Å². The second-order valence-corrected chi connectivity index (χ2v) is 6.11. The number of aromatic nitrogens is 2. The van der Waals surface area contributed by atoms with Crippen molar-refractivity contribution in [1.29, 1.82) is 0 Å². The van der Waals surface area contributed by atoms with Crippen LogP contribution < -0.4 is 9.47 Å². The summed E-state index contributed by atoms with van der Waals surface area (Å²) in [5.74, 6) is -0.356. The zero-order chi connectivity index (χ0) is 17.5. The Balaban J connectivity index is 2.17. The van der Waals surface area contributed by atoms with E-state index < -0.39 is 12.1 Å². The van der Waals surface area contributed by atoms with Crippen LogP contribution in [-0.2, 0) is 7.05 Å². The molecule has 0 radical (unpaired) electrons. The number of halogens is 4. The number of hydrogen-bond donors (Lipinski definition) is 0. The van der Waals surface area contributed by atoms with E-state index in [-0.39, 0.29) is 23.1 Å². The Morgan fingerprint density at radius 3 is 2.58 bits per heavy atom. The topological polar surface area (TPSA) is 40.6 Å². The molecule has 0 amide bonds. The quantitative estimate of drug-likeness (QED) is 0.688. The number of ether oxygens (including phenoxy) is 2. The maximum Gasteiger partial charge on any atom is 0.573 e. The normalized spacial score (nSPS) is 14.3. The van der Waals surface area contributed by atoms with Crippen molar-refractivity contribution < 1.29 is 22.6 Å². The molecular formula is C15H11BrF3N3O2. The molecule has 0 unspecified atom stereocenters. The molecule has 2 aromatic rings. The van der Waals surface area contributed by atoms with Gasteiger partial charge in [0.05, 0.1) is 29.0 Å². The Morgan fingerprint density at radius 1 is 1.38 bits per heavy atom.